The summed E-state index contributed by atoms with van der Waals surface area (Å²) in [6.45, 7) is 8.97. The van der Waals surface area contributed by atoms with Crippen LogP contribution in [-0.2, 0) is 26.8 Å². The molecule has 180 valence electrons. The van der Waals surface area contributed by atoms with Crippen LogP contribution in [0.25, 0.3) is 0 Å². The Morgan fingerprint density at radius 2 is 1.39 bits per heavy atom. The van der Waals surface area contributed by atoms with E-state index in [4.69, 9.17) is 14.2 Å². The van der Waals surface area contributed by atoms with Crippen molar-refractivity contribution in [3.63, 3.8) is 0 Å². The third-order valence-corrected chi connectivity index (χ3v) is 4.92. The summed E-state index contributed by atoms with van der Waals surface area (Å²) >= 11 is 0. The maximum Gasteiger partial charge on any atom is 0.416 e. The SMILES string of the molecule is CCCCCCCCCC(Cc1cccc(C(F)(F)F)c1)OC(OC(C)C)OC(C)C. The summed E-state index contributed by atoms with van der Waals surface area (Å²) in [5, 5.41) is 0. The Morgan fingerprint density at radius 3 is 1.94 bits per heavy atom. The second kappa shape index (κ2) is 14.9. The molecule has 1 unspecified atom stereocenters. The van der Waals surface area contributed by atoms with E-state index in [1.165, 1.54) is 44.2 Å². The van der Waals surface area contributed by atoms with Crippen LogP contribution in [0.2, 0.25) is 0 Å². The molecule has 0 saturated heterocycles. The van der Waals surface area contributed by atoms with E-state index >= 15 is 0 Å². The number of halogens is 3. The van der Waals surface area contributed by atoms with E-state index in [9.17, 15) is 13.2 Å². The summed E-state index contributed by atoms with van der Waals surface area (Å²) in [4.78, 5) is 0. The molecule has 1 rings (SSSR count). The number of hydrogen-bond donors (Lipinski definition) is 0. The van der Waals surface area contributed by atoms with Gasteiger partial charge in [-0.05, 0) is 52.2 Å². The lowest BCUT2D eigenvalue weighted by atomic mass is 10.00. The van der Waals surface area contributed by atoms with Crippen LogP contribution in [0.4, 0.5) is 13.2 Å². The summed E-state index contributed by atoms with van der Waals surface area (Å²) in [6, 6.07) is 5.48. The average molecular weight is 447 g/mol. The highest BCUT2D eigenvalue weighted by atomic mass is 19.4. The van der Waals surface area contributed by atoms with E-state index in [0.29, 0.717) is 12.0 Å². The van der Waals surface area contributed by atoms with Gasteiger partial charge in [-0.15, -0.1) is 0 Å². The van der Waals surface area contributed by atoms with Crippen LogP contribution in [0, 0.1) is 0 Å². The molecule has 0 amide bonds. The van der Waals surface area contributed by atoms with Crippen molar-refractivity contribution < 1.29 is 27.4 Å². The fourth-order valence-electron chi connectivity index (χ4n) is 3.38. The zero-order valence-corrected chi connectivity index (χ0v) is 19.8. The van der Waals surface area contributed by atoms with Gasteiger partial charge in [-0.1, -0.05) is 70.1 Å². The molecule has 0 saturated carbocycles. The van der Waals surface area contributed by atoms with Gasteiger partial charge < -0.3 is 14.2 Å². The normalized spacial score (nSPS) is 13.5. The number of rotatable bonds is 16. The Morgan fingerprint density at radius 1 is 0.806 bits per heavy atom. The van der Waals surface area contributed by atoms with E-state index in [0.717, 1.165) is 25.3 Å². The van der Waals surface area contributed by atoms with E-state index in [2.05, 4.69) is 6.92 Å². The number of benzene rings is 1. The number of hydrogen-bond acceptors (Lipinski definition) is 3. The molecule has 0 aliphatic carbocycles. The van der Waals surface area contributed by atoms with Crippen molar-refractivity contribution in [3.05, 3.63) is 35.4 Å². The van der Waals surface area contributed by atoms with Crippen LogP contribution in [0.15, 0.2) is 24.3 Å². The van der Waals surface area contributed by atoms with Gasteiger partial charge in [-0.25, -0.2) is 0 Å². The van der Waals surface area contributed by atoms with Crippen molar-refractivity contribution in [2.75, 3.05) is 0 Å². The molecular formula is C25H41F3O3. The Balaban J connectivity index is 2.78. The van der Waals surface area contributed by atoms with Gasteiger partial charge >= 0.3 is 6.18 Å². The quantitative estimate of drug-likeness (QED) is 0.191. The predicted octanol–water partition coefficient (Wildman–Crippen LogP) is 7.91. The lowest BCUT2D eigenvalue weighted by Gasteiger charge is -2.28. The van der Waals surface area contributed by atoms with Crippen LogP contribution < -0.4 is 0 Å². The lowest BCUT2D eigenvalue weighted by molar-refractivity contribution is -0.326. The van der Waals surface area contributed by atoms with Crippen LogP contribution in [-0.4, -0.2) is 24.8 Å². The van der Waals surface area contributed by atoms with Crippen LogP contribution in [0.3, 0.4) is 0 Å². The van der Waals surface area contributed by atoms with Crippen LogP contribution in [0.1, 0.15) is 97.1 Å². The first-order valence-electron chi connectivity index (χ1n) is 11.7. The Kier molecular flexibility index (Phi) is 13.4. The Labute approximate surface area is 186 Å². The van der Waals surface area contributed by atoms with Gasteiger partial charge in [0, 0.05) is 0 Å². The van der Waals surface area contributed by atoms with Gasteiger partial charge in [0.05, 0.1) is 23.9 Å². The summed E-state index contributed by atoms with van der Waals surface area (Å²) < 4.78 is 57.0. The molecular weight excluding hydrogens is 405 g/mol. The van der Waals surface area contributed by atoms with Gasteiger partial charge in [0.15, 0.2) is 0 Å². The third-order valence-electron chi connectivity index (χ3n) is 4.92. The summed E-state index contributed by atoms with van der Waals surface area (Å²) in [6.07, 6.45) is 4.54. The zero-order chi connectivity index (χ0) is 23.3. The number of unbranched alkanes of at least 4 members (excludes halogenated alkanes) is 6. The highest BCUT2D eigenvalue weighted by Gasteiger charge is 2.30. The monoisotopic (exact) mass is 446 g/mol. The Bertz CT molecular complexity index is 578. The molecule has 0 bridgehead atoms. The average Bonchev–Trinajstić information content (AvgIpc) is 2.65. The summed E-state index contributed by atoms with van der Waals surface area (Å²) in [7, 11) is 0. The molecule has 3 nitrogen and oxygen atoms in total. The van der Waals surface area contributed by atoms with Crippen molar-refractivity contribution in [3.8, 4) is 0 Å². The van der Waals surface area contributed by atoms with E-state index in [1.807, 2.05) is 27.7 Å². The van der Waals surface area contributed by atoms with E-state index < -0.39 is 18.2 Å². The first-order valence-corrected chi connectivity index (χ1v) is 11.7. The van der Waals surface area contributed by atoms with E-state index in [-0.39, 0.29) is 18.3 Å². The fraction of sp³-hybridized carbons (Fsp3) is 0.760. The molecule has 0 aliphatic heterocycles. The van der Waals surface area contributed by atoms with Crippen molar-refractivity contribution in [2.45, 2.75) is 123 Å². The second-order valence-corrected chi connectivity index (χ2v) is 8.73. The van der Waals surface area contributed by atoms with E-state index in [1.54, 1.807) is 6.07 Å². The van der Waals surface area contributed by atoms with Gasteiger partial charge in [0.25, 0.3) is 6.48 Å². The lowest BCUT2D eigenvalue weighted by Crippen LogP contribution is -2.32. The number of ether oxygens (including phenoxy) is 3. The predicted molar refractivity (Wildman–Crippen MR) is 119 cm³/mol. The van der Waals surface area contributed by atoms with Crippen LogP contribution in [0.5, 0.6) is 0 Å². The third kappa shape index (κ3) is 13.1. The highest BCUT2D eigenvalue weighted by molar-refractivity contribution is 5.26. The minimum atomic E-state index is -4.35. The molecule has 0 N–H and O–H groups in total. The molecule has 0 heterocycles. The Hall–Kier alpha value is -1.11. The highest BCUT2D eigenvalue weighted by Crippen LogP contribution is 2.30. The van der Waals surface area contributed by atoms with Gasteiger partial charge in [-0.2, -0.15) is 13.2 Å². The number of alkyl halides is 3. The molecule has 0 aliphatic rings. The molecule has 6 heteroatoms. The molecule has 1 atom stereocenters. The summed E-state index contributed by atoms with van der Waals surface area (Å²) in [5.74, 6) is 0. The minimum absolute atomic E-state index is 0.0866. The molecule has 1 aromatic carbocycles. The topological polar surface area (TPSA) is 27.7 Å². The van der Waals surface area contributed by atoms with Crippen molar-refractivity contribution in [1.29, 1.82) is 0 Å². The van der Waals surface area contributed by atoms with Crippen molar-refractivity contribution >= 4 is 0 Å². The first-order chi connectivity index (χ1) is 14.6. The second-order valence-electron chi connectivity index (χ2n) is 8.73. The molecule has 0 radical (unpaired) electrons. The maximum atomic E-state index is 13.1. The molecule has 0 spiro atoms. The standard InChI is InChI=1S/C25H41F3O3/c1-6-7-8-9-10-11-12-16-23(31-24(29-19(2)3)30-20(4)5)18-21-14-13-15-22(17-21)25(26,27)28/h13-15,17,19-20,23-24H,6-12,16,18H2,1-5H3. The maximum absolute atomic E-state index is 13.1. The molecule has 0 aromatic heterocycles. The van der Waals surface area contributed by atoms with Gasteiger partial charge in [0.1, 0.15) is 0 Å². The molecule has 31 heavy (non-hydrogen) atoms. The van der Waals surface area contributed by atoms with Crippen molar-refractivity contribution in [1.82, 2.24) is 0 Å². The smallest absolute Gasteiger partial charge is 0.327 e. The van der Waals surface area contributed by atoms with Gasteiger partial charge in [-0.3, -0.25) is 0 Å². The zero-order valence-electron chi connectivity index (χ0n) is 19.8. The molecule has 1 aromatic rings. The van der Waals surface area contributed by atoms with Gasteiger partial charge in [0.2, 0.25) is 0 Å². The summed E-state index contributed by atoms with van der Waals surface area (Å²) in [5.41, 5.74) is -0.0244. The van der Waals surface area contributed by atoms with Crippen LogP contribution >= 0.6 is 0 Å². The molecule has 0 fully saturated rings. The minimum Gasteiger partial charge on any atom is -0.327 e. The fourth-order valence-corrected chi connectivity index (χ4v) is 3.38. The van der Waals surface area contributed by atoms with Crippen molar-refractivity contribution in [2.24, 2.45) is 0 Å². The first kappa shape index (κ1) is 27.9. The largest absolute Gasteiger partial charge is 0.416 e.